The van der Waals surface area contributed by atoms with Gasteiger partial charge in [-0.05, 0) is 25.1 Å². The van der Waals surface area contributed by atoms with E-state index >= 15 is 0 Å². The minimum Gasteiger partial charge on any atom is -0.462 e. The summed E-state index contributed by atoms with van der Waals surface area (Å²) in [6.07, 6.45) is 2.80. The van der Waals surface area contributed by atoms with E-state index in [-0.39, 0.29) is 6.10 Å². The van der Waals surface area contributed by atoms with E-state index in [2.05, 4.69) is 15.2 Å². The number of carbonyl (C=O) groups excluding carboxylic acids is 1. The molecule has 1 N–H and O–H groups in total. The van der Waals surface area contributed by atoms with Crippen LogP contribution in [0.2, 0.25) is 0 Å². The Morgan fingerprint density at radius 3 is 2.82 bits per heavy atom. The van der Waals surface area contributed by atoms with E-state index in [0.717, 1.165) is 5.82 Å². The Hall–Kier alpha value is -2.54. The van der Waals surface area contributed by atoms with E-state index < -0.39 is 5.97 Å². The summed E-state index contributed by atoms with van der Waals surface area (Å²) in [5, 5.41) is 17.6. The molecular weight excluding hydrogens is 284 g/mol. The third-order valence-electron chi connectivity index (χ3n) is 3.38. The van der Waals surface area contributed by atoms with Crippen LogP contribution in [-0.4, -0.2) is 52.1 Å². The Bertz CT molecular complexity index is 669. The number of hydrogen-bond acceptors (Lipinski definition) is 7. The number of rotatable bonds is 4. The van der Waals surface area contributed by atoms with Crippen LogP contribution in [0.3, 0.4) is 0 Å². The predicted octanol–water partition coefficient (Wildman–Crippen LogP) is 0.896. The summed E-state index contributed by atoms with van der Waals surface area (Å²) in [6.45, 7) is 3.23. The molecule has 0 radical (unpaired) electrons. The Labute approximate surface area is 127 Å². The van der Waals surface area contributed by atoms with Crippen molar-refractivity contribution in [2.24, 2.45) is 0 Å². The number of carbonyl (C=O) groups is 1. The van der Waals surface area contributed by atoms with Gasteiger partial charge in [-0.2, -0.15) is 0 Å². The first kappa shape index (κ1) is 14.4. The fourth-order valence-electron chi connectivity index (χ4n) is 2.20. The van der Waals surface area contributed by atoms with Gasteiger partial charge in [-0.15, -0.1) is 10.2 Å². The highest BCUT2D eigenvalue weighted by Crippen LogP contribution is 2.21. The lowest BCUT2D eigenvalue weighted by atomic mass is 10.1. The van der Waals surface area contributed by atoms with Gasteiger partial charge < -0.3 is 14.7 Å². The number of esters is 1. The maximum atomic E-state index is 11.7. The lowest BCUT2D eigenvalue weighted by Gasteiger charge is -2.36. The number of hydrogen-bond donors (Lipinski definition) is 1. The van der Waals surface area contributed by atoms with Gasteiger partial charge >= 0.3 is 5.97 Å². The highest BCUT2D eigenvalue weighted by molar-refractivity contribution is 5.90. The highest BCUT2D eigenvalue weighted by atomic mass is 16.5. The second kappa shape index (κ2) is 6.07. The third-order valence-corrected chi connectivity index (χ3v) is 3.38. The van der Waals surface area contributed by atoms with Crippen molar-refractivity contribution in [1.29, 1.82) is 0 Å². The molecule has 0 bridgehead atoms. The molecule has 0 spiro atoms. The average molecular weight is 300 g/mol. The van der Waals surface area contributed by atoms with Crippen LogP contribution in [0.15, 0.2) is 30.6 Å². The number of β-amino-alcohol motifs (C(OH)–C–C–N with tert-alkyl or cyclic N) is 1. The first-order valence-corrected chi connectivity index (χ1v) is 7.06. The molecule has 3 rings (SSSR count). The Balaban J connectivity index is 1.79. The van der Waals surface area contributed by atoms with Crippen LogP contribution in [0.25, 0.3) is 11.3 Å². The predicted molar refractivity (Wildman–Crippen MR) is 79.4 cm³/mol. The maximum Gasteiger partial charge on any atom is 0.339 e. The van der Waals surface area contributed by atoms with E-state index in [9.17, 15) is 9.90 Å². The topological polar surface area (TPSA) is 88.4 Å². The van der Waals surface area contributed by atoms with E-state index in [1.807, 2.05) is 17.0 Å². The van der Waals surface area contributed by atoms with Crippen LogP contribution in [0.5, 0.6) is 0 Å². The number of aromatic nitrogens is 3. The third kappa shape index (κ3) is 2.89. The molecule has 1 aliphatic rings. The van der Waals surface area contributed by atoms with Crippen molar-refractivity contribution in [3.05, 3.63) is 36.2 Å². The van der Waals surface area contributed by atoms with Crippen molar-refractivity contribution >= 4 is 11.8 Å². The van der Waals surface area contributed by atoms with Crippen LogP contribution >= 0.6 is 0 Å². The molecule has 3 heterocycles. The van der Waals surface area contributed by atoms with Gasteiger partial charge in [0.05, 0.1) is 24.0 Å². The second-order valence-corrected chi connectivity index (χ2v) is 5.02. The van der Waals surface area contributed by atoms with Gasteiger partial charge in [-0.1, -0.05) is 0 Å². The molecule has 2 aromatic rings. The number of ether oxygens (including phenoxy) is 1. The van der Waals surface area contributed by atoms with Crippen LogP contribution < -0.4 is 4.90 Å². The zero-order valence-corrected chi connectivity index (χ0v) is 12.1. The average Bonchev–Trinajstić information content (AvgIpc) is 2.52. The number of pyridine rings is 1. The van der Waals surface area contributed by atoms with Crippen molar-refractivity contribution in [3.8, 4) is 11.3 Å². The molecule has 0 unspecified atom stereocenters. The second-order valence-electron chi connectivity index (χ2n) is 5.02. The van der Waals surface area contributed by atoms with Crippen LogP contribution in [0.1, 0.15) is 17.3 Å². The maximum absolute atomic E-state index is 11.7. The number of anilines is 1. The lowest BCUT2D eigenvalue weighted by molar-refractivity contribution is 0.0526. The minimum absolute atomic E-state index is 0.285. The number of aliphatic hydroxyl groups is 1. The van der Waals surface area contributed by atoms with E-state index in [1.165, 1.54) is 6.20 Å². The number of nitrogens with zero attached hydrogens (tertiary/aromatic N) is 4. The smallest absolute Gasteiger partial charge is 0.339 e. The molecule has 7 heteroatoms. The first-order valence-electron chi connectivity index (χ1n) is 7.06. The molecule has 0 aliphatic carbocycles. The molecule has 1 fully saturated rings. The fraction of sp³-hybridized carbons (Fsp3) is 0.333. The van der Waals surface area contributed by atoms with Crippen LogP contribution in [0, 0.1) is 0 Å². The van der Waals surface area contributed by atoms with Crippen molar-refractivity contribution in [2.75, 3.05) is 24.6 Å². The summed E-state index contributed by atoms with van der Waals surface area (Å²) in [5.41, 5.74) is 1.72. The SMILES string of the molecule is CCOC(=O)c1cncc(-c2ccc(N3CC(O)C3)nn2)c1. The summed E-state index contributed by atoms with van der Waals surface area (Å²) >= 11 is 0. The van der Waals surface area contributed by atoms with Gasteiger partial charge in [0.2, 0.25) is 0 Å². The molecule has 7 nitrogen and oxygen atoms in total. The minimum atomic E-state index is -0.406. The molecule has 114 valence electrons. The molecule has 0 aromatic carbocycles. The van der Waals surface area contributed by atoms with E-state index in [1.54, 1.807) is 19.2 Å². The van der Waals surface area contributed by atoms with Gasteiger partial charge in [0, 0.05) is 31.0 Å². The molecule has 0 saturated carbocycles. The monoisotopic (exact) mass is 300 g/mol. The standard InChI is InChI=1S/C15H16N4O3/c1-2-22-15(21)11-5-10(6-16-7-11)13-3-4-14(18-17-13)19-8-12(20)9-19/h3-7,12,20H,2,8-9H2,1H3. The van der Waals surface area contributed by atoms with E-state index in [4.69, 9.17) is 4.74 Å². The molecule has 0 amide bonds. The lowest BCUT2D eigenvalue weighted by Crippen LogP contribution is -2.51. The molecule has 1 aliphatic heterocycles. The largest absolute Gasteiger partial charge is 0.462 e. The zero-order chi connectivity index (χ0) is 15.5. The highest BCUT2D eigenvalue weighted by Gasteiger charge is 2.25. The Morgan fingerprint density at radius 1 is 1.36 bits per heavy atom. The molecule has 22 heavy (non-hydrogen) atoms. The van der Waals surface area contributed by atoms with E-state index in [0.29, 0.717) is 36.5 Å². The summed E-state index contributed by atoms with van der Waals surface area (Å²) in [4.78, 5) is 17.7. The summed E-state index contributed by atoms with van der Waals surface area (Å²) in [5.74, 6) is 0.319. The van der Waals surface area contributed by atoms with Crippen molar-refractivity contribution < 1.29 is 14.6 Å². The molecule has 1 saturated heterocycles. The molecular formula is C15H16N4O3. The molecule has 0 atom stereocenters. The van der Waals surface area contributed by atoms with Crippen LogP contribution in [-0.2, 0) is 4.74 Å². The van der Waals surface area contributed by atoms with Gasteiger partial charge in [0.15, 0.2) is 5.82 Å². The van der Waals surface area contributed by atoms with Gasteiger partial charge in [-0.3, -0.25) is 4.98 Å². The number of aliphatic hydroxyl groups excluding tert-OH is 1. The van der Waals surface area contributed by atoms with Crippen LogP contribution in [0.4, 0.5) is 5.82 Å². The summed E-state index contributed by atoms with van der Waals surface area (Å²) in [7, 11) is 0. The molecule has 2 aromatic heterocycles. The zero-order valence-electron chi connectivity index (χ0n) is 12.1. The normalized spacial score (nSPS) is 14.5. The van der Waals surface area contributed by atoms with Crippen molar-refractivity contribution in [3.63, 3.8) is 0 Å². The Morgan fingerprint density at radius 2 is 2.18 bits per heavy atom. The Kier molecular flexibility index (Phi) is 3.97. The quantitative estimate of drug-likeness (QED) is 0.839. The van der Waals surface area contributed by atoms with Gasteiger partial charge in [0.1, 0.15) is 0 Å². The first-order chi connectivity index (χ1) is 10.7. The van der Waals surface area contributed by atoms with Gasteiger partial charge in [-0.25, -0.2) is 4.79 Å². The van der Waals surface area contributed by atoms with Crippen molar-refractivity contribution in [1.82, 2.24) is 15.2 Å². The summed E-state index contributed by atoms with van der Waals surface area (Å²) in [6, 6.07) is 5.34. The summed E-state index contributed by atoms with van der Waals surface area (Å²) < 4.78 is 4.96. The fourth-order valence-corrected chi connectivity index (χ4v) is 2.20. The van der Waals surface area contributed by atoms with Crippen molar-refractivity contribution in [2.45, 2.75) is 13.0 Å². The van der Waals surface area contributed by atoms with Gasteiger partial charge in [0.25, 0.3) is 0 Å².